The zero-order valence-corrected chi connectivity index (χ0v) is 11.1. The van der Waals surface area contributed by atoms with Crippen molar-refractivity contribution >= 4 is 17.5 Å². The summed E-state index contributed by atoms with van der Waals surface area (Å²) in [6, 6.07) is 9.93. The van der Waals surface area contributed by atoms with Crippen molar-refractivity contribution in [3.63, 3.8) is 0 Å². The molecule has 0 aliphatic rings. The van der Waals surface area contributed by atoms with E-state index in [0.717, 1.165) is 34.2 Å². The van der Waals surface area contributed by atoms with Crippen molar-refractivity contribution in [2.75, 3.05) is 12.4 Å². The lowest BCUT2D eigenvalue weighted by Crippen LogP contribution is -1.97. The minimum atomic E-state index is 0.817. The fourth-order valence-corrected chi connectivity index (χ4v) is 2.04. The SMILES string of the molecule is CNc1ccc(C)cc1/C(=C\C=O)c1ccncc1. The molecular formula is C16H16N2O. The van der Waals surface area contributed by atoms with Crippen LogP contribution in [0.3, 0.4) is 0 Å². The lowest BCUT2D eigenvalue weighted by molar-refractivity contribution is -0.104. The summed E-state index contributed by atoms with van der Waals surface area (Å²) >= 11 is 0. The van der Waals surface area contributed by atoms with Crippen molar-refractivity contribution in [1.29, 1.82) is 0 Å². The summed E-state index contributed by atoms with van der Waals surface area (Å²) in [7, 11) is 1.87. The summed E-state index contributed by atoms with van der Waals surface area (Å²) in [4.78, 5) is 14.9. The lowest BCUT2D eigenvalue weighted by atomic mass is 9.95. The Balaban J connectivity index is 2.61. The molecule has 0 bridgehead atoms. The molecule has 1 aromatic heterocycles. The number of aldehydes is 1. The van der Waals surface area contributed by atoms with Crippen molar-refractivity contribution in [2.45, 2.75) is 6.92 Å². The molecule has 0 aliphatic carbocycles. The number of allylic oxidation sites excluding steroid dienone is 1. The largest absolute Gasteiger partial charge is 0.388 e. The summed E-state index contributed by atoms with van der Waals surface area (Å²) < 4.78 is 0. The fraction of sp³-hybridized carbons (Fsp3) is 0.125. The second-order valence-corrected chi connectivity index (χ2v) is 4.25. The molecule has 96 valence electrons. The number of pyridine rings is 1. The van der Waals surface area contributed by atoms with Gasteiger partial charge in [0.05, 0.1) is 0 Å². The number of carbonyl (C=O) groups is 1. The third-order valence-corrected chi connectivity index (χ3v) is 2.96. The molecule has 1 heterocycles. The smallest absolute Gasteiger partial charge is 0.143 e. The second kappa shape index (κ2) is 5.96. The molecule has 2 aromatic rings. The van der Waals surface area contributed by atoms with Gasteiger partial charge in [-0.3, -0.25) is 9.78 Å². The van der Waals surface area contributed by atoms with E-state index in [1.165, 1.54) is 0 Å². The highest BCUT2D eigenvalue weighted by Crippen LogP contribution is 2.29. The zero-order valence-electron chi connectivity index (χ0n) is 11.1. The predicted molar refractivity (Wildman–Crippen MR) is 78.1 cm³/mol. The molecule has 0 amide bonds. The van der Waals surface area contributed by atoms with Crippen LogP contribution in [-0.4, -0.2) is 18.3 Å². The van der Waals surface area contributed by atoms with Gasteiger partial charge in [0, 0.05) is 30.7 Å². The van der Waals surface area contributed by atoms with Gasteiger partial charge in [0.1, 0.15) is 6.29 Å². The van der Waals surface area contributed by atoms with Crippen LogP contribution in [-0.2, 0) is 4.79 Å². The first-order valence-corrected chi connectivity index (χ1v) is 6.11. The van der Waals surface area contributed by atoms with Gasteiger partial charge in [0.25, 0.3) is 0 Å². The standard InChI is InChI=1S/C16H16N2O/c1-12-3-4-16(17-2)15(11-12)14(7-10-19)13-5-8-18-9-6-13/h3-11,17H,1-2H3/b14-7-. The fourth-order valence-electron chi connectivity index (χ4n) is 2.04. The van der Waals surface area contributed by atoms with Crippen LogP contribution < -0.4 is 5.32 Å². The number of hydrogen-bond acceptors (Lipinski definition) is 3. The number of nitrogens with one attached hydrogen (secondary N) is 1. The molecule has 3 heteroatoms. The molecule has 1 aromatic carbocycles. The number of carbonyl (C=O) groups excluding carboxylic acids is 1. The van der Waals surface area contributed by atoms with E-state index in [-0.39, 0.29) is 0 Å². The second-order valence-electron chi connectivity index (χ2n) is 4.25. The van der Waals surface area contributed by atoms with Gasteiger partial charge in [-0.25, -0.2) is 0 Å². The summed E-state index contributed by atoms with van der Waals surface area (Å²) in [6.07, 6.45) is 5.86. The maximum atomic E-state index is 10.9. The van der Waals surface area contributed by atoms with Crippen LogP contribution in [0.2, 0.25) is 0 Å². The van der Waals surface area contributed by atoms with Crippen molar-refractivity contribution in [1.82, 2.24) is 4.98 Å². The molecule has 3 nitrogen and oxygen atoms in total. The van der Waals surface area contributed by atoms with Crippen LogP contribution in [0.1, 0.15) is 16.7 Å². The number of rotatable bonds is 4. The molecule has 19 heavy (non-hydrogen) atoms. The van der Waals surface area contributed by atoms with Crippen molar-refractivity contribution < 1.29 is 4.79 Å². The Labute approximate surface area is 113 Å². The van der Waals surface area contributed by atoms with E-state index in [1.807, 2.05) is 38.2 Å². The van der Waals surface area contributed by atoms with Gasteiger partial charge in [-0.2, -0.15) is 0 Å². The molecule has 0 unspecified atom stereocenters. The molecular weight excluding hydrogens is 236 g/mol. The highest BCUT2D eigenvalue weighted by Gasteiger charge is 2.09. The number of aromatic nitrogens is 1. The van der Waals surface area contributed by atoms with Crippen molar-refractivity contribution in [3.8, 4) is 0 Å². The van der Waals surface area contributed by atoms with Crippen LogP contribution in [0.4, 0.5) is 5.69 Å². The predicted octanol–water partition coefficient (Wildman–Crippen LogP) is 3.06. The van der Waals surface area contributed by atoms with Crippen LogP contribution >= 0.6 is 0 Å². The molecule has 0 atom stereocenters. The number of hydrogen-bond donors (Lipinski definition) is 1. The molecule has 0 aliphatic heterocycles. The van der Waals surface area contributed by atoms with Crippen LogP contribution in [0.15, 0.2) is 48.8 Å². The van der Waals surface area contributed by atoms with E-state index >= 15 is 0 Å². The average molecular weight is 252 g/mol. The van der Waals surface area contributed by atoms with Gasteiger partial charge in [-0.1, -0.05) is 11.6 Å². The lowest BCUT2D eigenvalue weighted by Gasteiger charge is -2.13. The first-order chi connectivity index (χ1) is 9.26. The molecule has 0 radical (unpaired) electrons. The van der Waals surface area contributed by atoms with Crippen molar-refractivity contribution in [3.05, 3.63) is 65.5 Å². The minimum Gasteiger partial charge on any atom is -0.388 e. The number of benzene rings is 1. The maximum absolute atomic E-state index is 10.9. The Morgan fingerprint density at radius 3 is 2.58 bits per heavy atom. The van der Waals surface area contributed by atoms with E-state index < -0.39 is 0 Å². The molecule has 2 rings (SSSR count). The summed E-state index contributed by atoms with van der Waals surface area (Å²) in [5, 5.41) is 3.16. The van der Waals surface area contributed by atoms with Crippen molar-refractivity contribution in [2.24, 2.45) is 0 Å². The topological polar surface area (TPSA) is 42.0 Å². The number of aryl methyl sites for hydroxylation is 1. The Hall–Kier alpha value is -2.42. The first kappa shape index (κ1) is 13.0. The Morgan fingerprint density at radius 1 is 1.21 bits per heavy atom. The molecule has 0 fully saturated rings. The molecule has 0 saturated carbocycles. The summed E-state index contributed by atoms with van der Waals surface area (Å²) in [5.74, 6) is 0. The summed E-state index contributed by atoms with van der Waals surface area (Å²) in [5.41, 5.74) is 5.03. The van der Waals surface area contributed by atoms with Gasteiger partial charge in [-0.15, -0.1) is 0 Å². The van der Waals surface area contributed by atoms with Crippen LogP contribution in [0.5, 0.6) is 0 Å². The van der Waals surface area contributed by atoms with Gasteiger partial charge in [0.2, 0.25) is 0 Å². The zero-order chi connectivity index (χ0) is 13.7. The summed E-state index contributed by atoms with van der Waals surface area (Å²) in [6.45, 7) is 2.04. The normalized spacial score (nSPS) is 11.2. The molecule has 1 N–H and O–H groups in total. The average Bonchev–Trinajstić information content (AvgIpc) is 2.45. The Bertz CT molecular complexity index is 603. The minimum absolute atomic E-state index is 0.817. The van der Waals surface area contributed by atoms with E-state index in [9.17, 15) is 4.79 Å². The van der Waals surface area contributed by atoms with Crippen LogP contribution in [0, 0.1) is 6.92 Å². The van der Waals surface area contributed by atoms with Gasteiger partial charge in [-0.05, 0) is 48.4 Å². The first-order valence-electron chi connectivity index (χ1n) is 6.11. The van der Waals surface area contributed by atoms with Gasteiger partial charge >= 0.3 is 0 Å². The Kier molecular flexibility index (Phi) is 4.08. The van der Waals surface area contributed by atoms with E-state index in [2.05, 4.69) is 16.4 Å². The quantitative estimate of drug-likeness (QED) is 0.671. The van der Waals surface area contributed by atoms with E-state index in [0.29, 0.717) is 0 Å². The third-order valence-electron chi connectivity index (χ3n) is 2.96. The number of anilines is 1. The molecule has 0 saturated heterocycles. The van der Waals surface area contributed by atoms with Gasteiger partial charge in [0.15, 0.2) is 0 Å². The maximum Gasteiger partial charge on any atom is 0.143 e. The monoisotopic (exact) mass is 252 g/mol. The highest BCUT2D eigenvalue weighted by molar-refractivity contribution is 5.93. The Morgan fingerprint density at radius 2 is 1.95 bits per heavy atom. The van der Waals surface area contributed by atoms with Gasteiger partial charge < -0.3 is 5.32 Å². The third kappa shape index (κ3) is 2.88. The van der Waals surface area contributed by atoms with E-state index in [4.69, 9.17) is 0 Å². The van der Waals surface area contributed by atoms with Crippen LogP contribution in [0.25, 0.3) is 5.57 Å². The molecule has 0 spiro atoms. The highest BCUT2D eigenvalue weighted by atomic mass is 16.1. The van der Waals surface area contributed by atoms with E-state index in [1.54, 1.807) is 18.5 Å². The number of nitrogens with zero attached hydrogens (tertiary/aromatic N) is 1.